The Bertz CT molecular complexity index is 1030. The lowest BCUT2D eigenvalue weighted by atomic mass is 9.95. The molecule has 4 rings (SSSR count). The van der Waals surface area contributed by atoms with E-state index in [1.165, 1.54) is 24.3 Å². The largest absolute Gasteiger partial charge is 0.508 e. The molecule has 1 fully saturated rings. The summed E-state index contributed by atoms with van der Waals surface area (Å²) < 4.78 is 16.4. The van der Waals surface area contributed by atoms with Gasteiger partial charge in [0.1, 0.15) is 41.5 Å². The number of hydrogen-bond acceptors (Lipinski definition) is 10. The Kier molecular flexibility index (Phi) is 5.65. The third-order valence-corrected chi connectivity index (χ3v) is 5.33. The average Bonchev–Trinajstić information content (AvgIpc) is 2.76. The predicted octanol–water partition coefficient (Wildman–Crippen LogP) is 0.0753. The molecule has 32 heavy (non-hydrogen) atoms. The first-order chi connectivity index (χ1) is 15.2. The maximum absolute atomic E-state index is 12.9. The zero-order valence-corrected chi connectivity index (χ0v) is 16.4. The summed E-state index contributed by atoms with van der Waals surface area (Å²) in [4.78, 5) is 24.2. The summed E-state index contributed by atoms with van der Waals surface area (Å²) in [5.41, 5.74) is 0.434. The third-order valence-electron chi connectivity index (χ3n) is 5.33. The minimum Gasteiger partial charge on any atom is -0.508 e. The number of ketones is 1. The number of ether oxygens (including phenoxy) is 3. The van der Waals surface area contributed by atoms with E-state index in [0.717, 1.165) is 0 Å². The lowest BCUT2D eigenvalue weighted by molar-refractivity contribution is -0.271. The zero-order valence-electron chi connectivity index (χ0n) is 16.4. The molecule has 0 amide bonds. The van der Waals surface area contributed by atoms with Gasteiger partial charge in [0, 0.05) is 0 Å². The molecule has 1 saturated heterocycles. The highest BCUT2D eigenvalue weighted by Gasteiger charge is 2.48. The van der Waals surface area contributed by atoms with Crippen LogP contribution >= 0.6 is 0 Å². The molecule has 0 saturated carbocycles. The van der Waals surface area contributed by atoms with Crippen LogP contribution in [-0.2, 0) is 9.53 Å². The smallest absolute Gasteiger partial charge is 0.335 e. The van der Waals surface area contributed by atoms with Crippen molar-refractivity contribution in [1.29, 1.82) is 0 Å². The monoisotopic (exact) mass is 448 g/mol. The van der Waals surface area contributed by atoms with Crippen molar-refractivity contribution in [3.63, 3.8) is 0 Å². The predicted molar refractivity (Wildman–Crippen MR) is 103 cm³/mol. The highest BCUT2D eigenvalue weighted by Crippen LogP contribution is 2.45. The number of aliphatic hydroxyl groups is 3. The van der Waals surface area contributed by atoms with Gasteiger partial charge in [-0.25, -0.2) is 4.79 Å². The lowest BCUT2D eigenvalue weighted by Gasteiger charge is -2.38. The molecule has 11 heteroatoms. The van der Waals surface area contributed by atoms with Gasteiger partial charge in [0.2, 0.25) is 6.29 Å². The molecule has 0 spiro atoms. The highest BCUT2D eigenvalue weighted by molar-refractivity contribution is 6.03. The van der Waals surface area contributed by atoms with Crippen LogP contribution in [0, 0.1) is 0 Å². The summed E-state index contributed by atoms with van der Waals surface area (Å²) in [6.07, 6.45) is -10.1. The molecule has 2 heterocycles. The second kappa shape index (κ2) is 8.28. The first-order valence-electron chi connectivity index (χ1n) is 9.61. The molecule has 6 N–H and O–H groups in total. The molecule has 0 unspecified atom stereocenters. The third kappa shape index (κ3) is 3.82. The standard InChI is InChI=1S/C21H20O11/c22-9-3-1-8(2-4-9)13-7-11(24)14-12(6-5-10(23)18(14)30-13)31-21-17(27)15(25)16(26)19(32-21)20(28)29/h1-6,13,15-17,19,21-23,25-27H,7H2,(H,28,29)/t13-,15-,16-,17+,19-,21+/m0/s1. The van der Waals surface area contributed by atoms with Crippen LogP contribution in [0.2, 0.25) is 0 Å². The lowest BCUT2D eigenvalue weighted by Crippen LogP contribution is -2.61. The summed E-state index contributed by atoms with van der Waals surface area (Å²) in [5, 5.41) is 58.8. The number of aliphatic carboxylic acids is 1. The number of aromatic hydroxyl groups is 2. The molecule has 2 aromatic rings. The van der Waals surface area contributed by atoms with E-state index in [2.05, 4.69) is 0 Å². The zero-order chi connectivity index (χ0) is 23.2. The second-order valence-corrected chi connectivity index (χ2v) is 7.47. The Morgan fingerprint density at radius 1 is 0.969 bits per heavy atom. The fraction of sp³-hybridized carbons (Fsp3) is 0.333. The summed E-state index contributed by atoms with van der Waals surface area (Å²) in [5.74, 6) is -2.74. The molecular formula is C21H20O11. The van der Waals surface area contributed by atoms with Crippen LogP contribution in [0.1, 0.15) is 28.4 Å². The molecule has 0 aliphatic carbocycles. The molecular weight excluding hydrogens is 428 g/mol. The van der Waals surface area contributed by atoms with Crippen molar-refractivity contribution in [3.8, 4) is 23.0 Å². The summed E-state index contributed by atoms with van der Waals surface area (Å²) in [7, 11) is 0. The van der Waals surface area contributed by atoms with Crippen molar-refractivity contribution < 1.29 is 54.4 Å². The van der Waals surface area contributed by atoms with Crippen molar-refractivity contribution in [2.75, 3.05) is 0 Å². The summed E-state index contributed by atoms with van der Waals surface area (Å²) in [6.45, 7) is 0. The van der Waals surface area contributed by atoms with Gasteiger partial charge in [-0.05, 0) is 29.8 Å². The molecule has 0 aromatic heterocycles. The number of aliphatic hydroxyl groups excluding tert-OH is 3. The number of rotatable bonds is 4. The molecule has 0 bridgehead atoms. The topological polar surface area (TPSA) is 183 Å². The van der Waals surface area contributed by atoms with E-state index in [1.54, 1.807) is 12.1 Å². The first kappa shape index (κ1) is 21.8. The number of carbonyl (C=O) groups is 2. The average molecular weight is 448 g/mol. The minimum absolute atomic E-state index is 0.0350. The Labute approximate surface area is 180 Å². The molecule has 0 radical (unpaired) electrons. The number of phenolic OH excluding ortho intramolecular Hbond substituents is 2. The van der Waals surface area contributed by atoms with Gasteiger partial charge >= 0.3 is 5.97 Å². The molecule has 6 atom stereocenters. The maximum Gasteiger partial charge on any atom is 0.335 e. The van der Waals surface area contributed by atoms with Gasteiger partial charge in [-0.1, -0.05) is 12.1 Å². The van der Waals surface area contributed by atoms with Crippen LogP contribution in [0.3, 0.4) is 0 Å². The first-order valence-corrected chi connectivity index (χ1v) is 9.61. The van der Waals surface area contributed by atoms with Gasteiger partial charge in [-0.2, -0.15) is 0 Å². The van der Waals surface area contributed by atoms with Crippen molar-refractivity contribution >= 4 is 11.8 Å². The van der Waals surface area contributed by atoms with E-state index in [-0.39, 0.29) is 35.0 Å². The van der Waals surface area contributed by atoms with Gasteiger partial charge in [0.15, 0.2) is 23.4 Å². The molecule has 11 nitrogen and oxygen atoms in total. The van der Waals surface area contributed by atoms with Crippen molar-refractivity contribution in [1.82, 2.24) is 0 Å². The van der Waals surface area contributed by atoms with Gasteiger partial charge in [0.05, 0.1) is 6.42 Å². The normalized spacial score (nSPS) is 29.7. The van der Waals surface area contributed by atoms with Gasteiger partial charge in [0.25, 0.3) is 0 Å². The van der Waals surface area contributed by atoms with E-state index < -0.39 is 48.6 Å². The number of Topliss-reactive ketones (excluding diaryl/α,β-unsaturated/α-hetero) is 1. The van der Waals surface area contributed by atoms with E-state index in [1.807, 2.05) is 0 Å². The van der Waals surface area contributed by atoms with Gasteiger partial charge in [-0.3, -0.25) is 4.79 Å². The molecule has 2 aromatic carbocycles. The van der Waals surface area contributed by atoms with Crippen LogP contribution in [0.5, 0.6) is 23.0 Å². The summed E-state index contributed by atoms with van der Waals surface area (Å²) >= 11 is 0. The highest BCUT2D eigenvalue weighted by atomic mass is 16.7. The number of fused-ring (bicyclic) bond motifs is 1. The minimum atomic E-state index is -1.90. The Morgan fingerprint density at radius 3 is 2.31 bits per heavy atom. The van der Waals surface area contributed by atoms with Gasteiger partial charge in [-0.15, -0.1) is 0 Å². The number of carbonyl (C=O) groups excluding carboxylic acids is 1. The van der Waals surface area contributed by atoms with E-state index in [4.69, 9.17) is 19.3 Å². The molecule has 2 aliphatic rings. The van der Waals surface area contributed by atoms with E-state index in [0.29, 0.717) is 5.56 Å². The summed E-state index contributed by atoms with van der Waals surface area (Å²) in [6, 6.07) is 8.38. The quantitative estimate of drug-likeness (QED) is 0.372. The van der Waals surface area contributed by atoms with Crippen molar-refractivity contribution in [2.45, 2.75) is 43.2 Å². The van der Waals surface area contributed by atoms with Gasteiger partial charge < -0.3 is 44.8 Å². The van der Waals surface area contributed by atoms with Crippen LogP contribution in [0.15, 0.2) is 36.4 Å². The Hall–Kier alpha value is -3.38. The number of benzene rings is 2. The van der Waals surface area contributed by atoms with E-state index in [9.17, 15) is 35.1 Å². The van der Waals surface area contributed by atoms with Crippen LogP contribution in [0.4, 0.5) is 0 Å². The Balaban J connectivity index is 1.64. The molecule has 2 aliphatic heterocycles. The SMILES string of the molecule is O=C1C[C@@H](c2ccc(O)cc2)Oc2c(O)ccc(O[C@@H]3O[C@H](C(=O)O)[C@@H](O)[C@H](O)[C@H]3O)c21. The van der Waals surface area contributed by atoms with Crippen molar-refractivity contribution in [2.24, 2.45) is 0 Å². The molecule has 170 valence electrons. The number of phenols is 2. The van der Waals surface area contributed by atoms with E-state index >= 15 is 0 Å². The maximum atomic E-state index is 12.9. The second-order valence-electron chi connectivity index (χ2n) is 7.47. The fourth-order valence-corrected chi connectivity index (χ4v) is 3.64. The van der Waals surface area contributed by atoms with Crippen LogP contribution in [0.25, 0.3) is 0 Å². The Morgan fingerprint density at radius 2 is 1.66 bits per heavy atom. The number of hydrogen-bond donors (Lipinski definition) is 6. The number of carboxylic acids is 1. The number of carboxylic acid groups (broad SMARTS) is 1. The van der Waals surface area contributed by atoms with Crippen LogP contribution < -0.4 is 9.47 Å². The fourth-order valence-electron chi connectivity index (χ4n) is 3.64. The van der Waals surface area contributed by atoms with Crippen LogP contribution in [-0.4, -0.2) is 73.1 Å². The van der Waals surface area contributed by atoms with Crippen molar-refractivity contribution in [3.05, 3.63) is 47.5 Å².